The zero-order chi connectivity index (χ0) is 14.2. The number of carbonyl (C=O) groups excluding carboxylic acids is 1. The van der Waals surface area contributed by atoms with Crippen LogP contribution in [0.15, 0.2) is 16.9 Å². The molecule has 1 aromatic rings. The van der Waals surface area contributed by atoms with Gasteiger partial charge in [-0.1, -0.05) is 0 Å². The summed E-state index contributed by atoms with van der Waals surface area (Å²) in [4.78, 5) is 27.2. The molecule has 3 rings (SSSR count). The van der Waals surface area contributed by atoms with Crippen LogP contribution in [-0.2, 0) is 9.53 Å². The van der Waals surface area contributed by atoms with Gasteiger partial charge >= 0.3 is 0 Å². The first-order valence-corrected chi connectivity index (χ1v) is 6.92. The van der Waals surface area contributed by atoms with Gasteiger partial charge in [0.1, 0.15) is 5.69 Å². The topological polar surface area (TPSA) is 83.2 Å². The molecule has 0 spiro atoms. The Bertz CT molecular complexity index is 583. The SMILES string of the molecule is Cc1ccc(NC(=O)[C@@]23CCOC[C@@H]2CNC3)c(=O)[nH]1. The Labute approximate surface area is 116 Å². The molecule has 0 radical (unpaired) electrons. The summed E-state index contributed by atoms with van der Waals surface area (Å²) in [5.41, 5.74) is 0.379. The summed E-state index contributed by atoms with van der Waals surface area (Å²) in [6, 6.07) is 3.43. The summed E-state index contributed by atoms with van der Waals surface area (Å²) in [6.45, 7) is 4.44. The lowest BCUT2D eigenvalue weighted by molar-refractivity contribution is -0.133. The molecule has 0 unspecified atom stereocenters. The molecule has 6 heteroatoms. The van der Waals surface area contributed by atoms with Gasteiger partial charge in [0.15, 0.2) is 0 Å². The lowest BCUT2D eigenvalue weighted by Crippen LogP contribution is -2.48. The van der Waals surface area contributed by atoms with Gasteiger partial charge in [-0.15, -0.1) is 0 Å². The highest BCUT2D eigenvalue weighted by Gasteiger charge is 2.50. The minimum absolute atomic E-state index is 0.0786. The number of hydrogen-bond acceptors (Lipinski definition) is 4. The highest BCUT2D eigenvalue weighted by atomic mass is 16.5. The number of nitrogens with one attached hydrogen (secondary N) is 3. The zero-order valence-corrected chi connectivity index (χ0v) is 11.5. The normalized spacial score (nSPS) is 28.9. The Balaban J connectivity index is 1.83. The number of anilines is 1. The van der Waals surface area contributed by atoms with Crippen molar-refractivity contribution in [3.63, 3.8) is 0 Å². The maximum absolute atomic E-state index is 12.6. The van der Waals surface area contributed by atoms with E-state index in [9.17, 15) is 9.59 Å². The Morgan fingerprint density at radius 2 is 2.35 bits per heavy atom. The first-order chi connectivity index (χ1) is 9.62. The molecule has 0 aliphatic carbocycles. The Morgan fingerprint density at radius 3 is 3.15 bits per heavy atom. The first-order valence-electron chi connectivity index (χ1n) is 6.92. The Hall–Kier alpha value is -1.66. The summed E-state index contributed by atoms with van der Waals surface area (Å²) >= 11 is 0. The second kappa shape index (κ2) is 5.03. The van der Waals surface area contributed by atoms with Gasteiger partial charge in [-0.05, 0) is 25.5 Å². The molecule has 2 aliphatic heterocycles. The van der Waals surface area contributed by atoms with Crippen LogP contribution in [-0.4, -0.2) is 37.2 Å². The summed E-state index contributed by atoms with van der Waals surface area (Å²) in [6.07, 6.45) is 0.695. The van der Waals surface area contributed by atoms with E-state index in [1.807, 2.05) is 0 Å². The van der Waals surface area contributed by atoms with Crippen molar-refractivity contribution in [2.75, 3.05) is 31.6 Å². The molecule has 0 bridgehead atoms. The lowest BCUT2D eigenvalue weighted by Gasteiger charge is -2.36. The fourth-order valence-electron chi connectivity index (χ4n) is 3.10. The van der Waals surface area contributed by atoms with Crippen molar-refractivity contribution in [1.82, 2.24) is 10.3 Å². The van der Waals surface area contributed by atoms with Crippen molar-refractivity contribution in [2.45, 2.75) is 13.3 Å². The smallest absolute Gasteiger partial charge is 0.271 e. The third kappa shape index (κ3) is 2.14. The third-order valence-electron chi connectivity index (χ3n) is 4.38. The van der Waals surface area contributed by atoms with Crippen LogP contribution in [0.3, 0.4) is 0 Å². The fourth-order valence-corrected chi connectivity index (χ4v) is 3.10. The Kier molecular flexibility index (Phi) is 3.35. The van der Waals surface area contributed by atoms with Crippen molar-refractivity contribution in [1.29, 1.82) is 0 Å². The molecular formula is C14H19N3O3. The lowest BCUT2D eigenvalue weighted by atomic mass is 9.73. The second-order valence-electron chi connectivity index (χ2n) is 5.65. The van der Waals surface area contributed by atoms with E-state index in [0.717, 1.165) is 12.2 Å². The minimum atomic E-state index is -0.449. The number of amides is 1. The highest BCUT2D eigenvalue weighted by molar-refractivity contribution is 5.96. The van der Waals surface area contributed by atoms with Crippen molar-refractivity contribution >= 4 is 11.6 Å². The molecule has 20 heavy (non-hydrogen) atoms. The number of fused-ring (bicyclic) bond motifs is 1. The minimum Gasteiger partial charge on any atom is -0.381 e. The molecule has 2 aliphatic rings. The van der Waals surface area contributed by atoms with Crippen LogP contribution < -0.4 is 16.2 Å². The van der Waals surface area contributed by atoms with Gasteiger partial charge in [-0.2, -0.15) is 0 Å². The number of ether oxygens (including phenoxy) is 1. The summed E-state index contributed by atoms with van der Waals surface area (Å²) < 4.78 is 5.46. The van der Waals surface area contributed by atoms with Gasteiger partial charge in [0.05, 0.1) is 12.0 Å². The number of aryl methyl sites for hydroxylation is 1. The van der Waals surface area contributed by atoms with Gasteiger partial charge in [-0.3, -0.25) is 9.59 Å². The van der Waals surface area contributed by atoms with Crippen LogP contribution in [0.1, 0.15) is 12.1 Å². The van der Waals surface area contributed by atoms with Crippen LogP contribution in [0.2, 0.25) is 0 Å². The van der Waals surface area contributed by atoms with Gasteiger partial charge in [0.25, 0.3) is 5.56 Å². The second-order valence-corrected chi connectivity index (χ2v) is 5.65. The molecule has 2 fully saturated rings. The van der Waals surface area contributed by atoms with E-state index in [2.05, 4.69) is 15.6 Å². The predicted octanol–water partition coefficient (Wildman–Crippen LogP) is 0.248. The van der Waals surface area contributed by atoms with E-state index in [4.69, 9.17) is 4.74 Å². The van der Waals surface area contributed by atoms with Crippen molar-refractivity contribution < 1.29 is 9.53 Å². The monoisotopic (exact) mass is 277 g/mol. The van der Waals surface area contributed by atoms with Crippen LogP contribution in [0.4, 0.5) is 5.69 Å². The van der Waals surface area contributed by atoms with E-state index < -0.39 is 5.41 Å². The maximum Gasteiger partial charge on any atom is 0.271 e. The maximum atomic E-state index is 12.6. The van der Waals surface area contributed by atoms with Gasteiger partial charge in [0.2, 0.25) is 5.91 Å². The summed E-state index contributed by atoms with van der Waals surface area (Å²) in [5.74, 6) is 0.103. The Morgan fingerprint density at radius 1 is 1.50 bits per heavy atom. The van der Waals surface area contributed by atoms with Gasteiger partial charge < -0.3 is 20.4 Å². The van der Waals surface area contributed by atoms with E-state index in [1.54, 1.807) is 19.1 Å². The highest BCUT2D eigenvalue weighted by Crippen LogP contribution is 2.39. The summed E-state index contributed by atoms with van der Waals surface area (Å²) in [7, 11) is 0. The molecule has 6 nitrogen and oxygen atoms in total. The number of pyridine rings is 1. The molecule has 0 aromatic carbocycles. The zero-order valence-electron chi connectivity index (χ0n) is 11.5. The van der Waals surface area contributed by atoms with E-state index in [1.165, 1.54) is 0 Å². The van der Waals surface area contributed by atoms with Crippen molar-refractivity contribution in [2.24, 2.45) is 11.3 Å². The largest absolute Gasteiger partial charge is 0.381 e. The molecular weight excluding hydrogens is 258 g/mol. The molecule has 3 N–H and O–H groups in total. The van der Waals surface area contributed by atoms with Gasteiger partial charge in [0, 0.05) is 31.3 Å². The fraction of sp³-hybridized carbons (Fsp3) is 0.571. The molecule has 3 heterocycles. The number of rotatable bonds is 2. The molecule has 0 saturated carbocycles. The van der Waals surface area contributed by atoms with Crippen molar-refractivity contribution in [3.8, 4) is 0 Å². The molecule has 2 saturated heterocycles. The average molecular weight is 277 g/mol. The quantitative estimate of drug-likeness (QED) is 0.723. The van der Waals surface area contributed by atoms with Crippen LogP contribution >= 0.6 is 0 Å². The number of aromatic amines is 1. The predicted molar refractivity (Wildman–Crippen MR) is 74.7 cm³/mol. The van der Waals surface area contributed by atoms with Crippen LogP contribution in [0.25, 0.3) is 0 Å². The number of carbonyl (C=O) groups is 1. The summed E-state index contributed by atoms with van der Waals surface area (Å²) in [5, 5.41) is 6.06. The first kappa shape index (κ1) is 13.3. The molecule has 1 aromatic heterocycles. The molecule has 108 valence electrons. The number of aromatic nitrogens is 1. The standard InChI is InChI=1S/C14H19N3O3/c1-9-2-3-11(12(18)16-9)17-13(19)14-4-5-20-7-10(14)6-15-8-14/h2-3,10,15H,4-8H2,1H3,(H,16,18)(H,17,19)/t10-,14+/m0/s1. The third-order valence-corrected chi connectivity index (χ3v) is 4.38. The van der Waals surface area contributed by atoms with E-state index in [0.29, 0.717) is 31.9 Å². The van der Waals surface area contributed by atoms with Crippen molar-refractivity contribution in [3.05, 3.63) is 28.2 Å². The van der Waals surface area contributed by atoms with E-state index in [-0.39, 0.29) is 17.4 Å². The van der Waals surface area contributed by atoms with Crippen LogP contribution in [0, 0.1) is 18.3 Å². The number of hydrogen-bond donors (Lipinski definition) is 3. The van der Waals surface area contributed by atoms with Gasteiger partial charge in [-0.25, -0.2) is 0 Å². The van der Waals surface area contributed by atoms with E-state index >= 15 is 0 Å². The molecule has 1 amide bonds. The molecule has 2 atom stereocenters. The average Bonchev–Trinajstić information content (AvgIpc) is 2.87. The van der Waals surface area contributed by atoms with Crippen LogP contribution in [0.5, 0.6) is 0 Å². The number of H-pyrrole nitrogens is 1.